The minimum Gasteiger partial charge on any atom is -0.313 e. The molecule has 0 saturated carbocycles. The molecule has 0 unspecified atom stereocenters. The lowest BCUT2D eigenvalue weighted by atomic mass is 10.1. The molecule has 2 rings (SSSR count). The number of carbonyl (C=O) groups is 1. The maximum Gasteiger partial charge on any atom is 0.365 e. The lowest BCUT2D eigenvalue weighted by molar-refractivity contribution is 0.0512. The van der Waals surface area contributed by atoms with Crippen LogP contribution in [0.15, 0.2) is 33.9 Å². The van der Waals surface area contributed by atoms with Crippen molar-refractivity contribution in [1.29, 1.82) is 0 Å². The van der Waals surface area contributed by atoms with Gasteiger partial charge >= 0.3 is 5.97 Å². The normalized spacial score (nSPS) is 16.4. The van der Waals surface area contributed by atoms with Crippen molar-refractivity contribution >= 4 is 27.6 Å². The van der Waals surface area contributed by atoms with Crippen LogP contribution < -0.4 is 0 Å². The van der Waals surface area contributed by atoms with Gasteiger partial charge in [0.1, 0.15) is 0 Å². The second-order valence-electron chi connectivity index (χ2n) is 4.35. The van der Waals surface area contributed by atoms with Crippen molar-refractivity contribution in [3.05, 3.63) is 34.3 Å². The third-order valence-corrected chi connectivity index (χ3v) is 3.43. The molecule has 0 amide bonds. The average Bonchev–Trinajstić information content (AvgIpc) is 2.38. The predicted octanol–water partition coefficient (Wildman–Crippen LogP) is 2.69. The fourth-order valence-corrected chi connectivity index (χ4v) is 1.98. The van der Waals surface area contributed by atoms with Crippen molar-refractivity contribution in [2.75, 3.05) is 20.1 Å². The molecule has 1 aromatic rings. The maximum absolute atomic E-state index is 11.7. The highest BCUT2D eigenvalue weighted by molar-refractivity contribution is 9.10. The number of hydrogen-bond donors (Lipinski definition) is 0. The summed E-state index contributed by atoms with van der Waals surface area (Å²) in [5.41, 5.74) is 1.47. The number of carbonyl (C=O) groups excluding carboxylic acids is 1. The zero-order chi connectivity index (χ0) is 13.0. The second-order valence-corrected chi connectivity index (χ2v) is 5.26. The van der Waals surface area contributed by atoms with E-state index in [1.54, 1.807) is 24.3 Å². The Morgan fingerprint density at radius 2 is 1.89 bits per heavy atom. The van der Waals surface area contributed by atoms with E-state index in [0.717, 1.165) is 36.1 Å². The number of oxime groups is 1. The Morgan fingerprint density at radius 1 is 1.28 bits per heavy atom. The number of likely N-dealkylation sites (tertiary alicyclic amines) is 1. The first kappa shape index (κ1) is 13.2. The van der Waals surface area contributed by atoms with E-state index >= 15 is 0 Å². The summed E-state index contributed by atoms with van der Waals surface area (Å²) in [5.74, 6) is -0.408. The van der Waals surface area contributed by atoms with Crippen LogP contribution in [0.25, 0.3) is 0 Å². The fourth-order valence-electron chi connectivity index (χ4n) is 1.71. The Morgan fingerprint density at radius 3 is 2.50 bits per heavy atom. The van der Waals surface area contributed by atoms with E-state index in [9.17, 15) is 4.79 Å². The molecule has 1 heterocycles. The van der Waals surface area contributed by atoms with E-state index in [1.807, 2.05) is 0 Å². The summed E-state index contributed by atoms with van der Waals surface area (Å²) in [6.07, 6.45) is 1.73. The Bertz CT molecular complexity index is 447. The van der Waals surface area contributed by atoms with Crippen molar-refractivity contribution in [3.8, 4) is 0 Å². The van der Waals surface area contributed by atoms with Crippen molar-refractivity contribution in [3.63, 3.8) is 0 Å². The molecule has 1 aliphatic heterocycles. The third kappa shape index (κ3) is 3.65. The van der Waals surface area contributed by atoms with Gasteiger partial charge in [-0.05, 0) is 31.3 Å². The number of nitrogens with zero attached hydrogens (tertiary/aromatic N) is 2. The third-order valence-electron chi connectivity index (χ3n) is 2.90. The van der Waals surface area contributed by atoms with Gasteiger partial charge < -0.3 is 9.74 Å². The minimum atomic E-state index is -0.408. The summed E-state index contributed by atoms with van der Waals surface area (Å²) in [6.45, 7) is 1.93. The molecule has 5 heteroatoms. The number of rotatable bonds is 2. The molecule has 18 heavy (non-hydrogen) atoms. The van der Waals surface area contributed by atoms with Gasteiger partial charge in [-0.25, -0.2) is 4.79 Å². The highest BCUT2D eigenvalue weighted by Gasteiger charge is 2.13. The van der Waals surface area contributed by atoms with E-state index in [2.05, 4.69) is 33.0 Å². The van der Waals surface area contributed by atoms with Crippen LogP contribution in [0.4, 0.5) is 0 Å². The van der Waals surface area contributed by atoms with Gasteiger partial charge in [0, 0.05) is 30.4 Å². The first-order valence-corrected chi connectivity index (χ1v) is 6.65. The molecule has 1 aromatic carbocycles. The zero-order valence-electron chi connectivity index (χ0n) is 10.2. The van der Waals surface area contributed by atoms with Crippen LogP contribution in [-0.2, 0) is 4.84 Å². The molecule has 0 atom stereocenters. The minimum absolute atomic E-state index is 0.408. The highest BCUT2D eigenvalue weighted by atomic mass is 79.9. The Labute approximate surface area is 115 Å². The van der Waals surface area contributed by atoms with Gasteiger partial charge in [-0.2, -0.15) is 0 Å². The molecule has 0 aromatic heterocycles. The van der Waals surface area contributed by atoms with Gasteiger partial charge in [0.25, 0.3) is 0 Å². The van der Waals surface area contributed by atoms with E-state index in [-0.39, 0.29) is 0 Å². The van der Waals surface area contributed by atoms with Crippen LogP contribution in [0.5, 0.6) is 0 Å². The SMILES string of the molecule is CN1CCC(=NOC(=O)c2ccc(Br)cc2)CC1. The van der Waals surface area contributed by atoms with Crippen LogP contribution in [0, 0.1) is 0 Å². The summed E-state index contributed by atoms with van der Waals surface area (Å²) in [5, 5.41) is 3.95. The summed E-state index contributed by atoms with van der Waals surface area (Å²) in [4.78, 5) is 18.9. The lowest BCUT2D eigenvalue weighted by Gasteiger charge is -2.22. The van der Waals surface area contributed by atoms with E-state index in [4.69, 9.17) is 4.84 Å². The van der Waals surface area contributed by atoms with Gasteiger partial charge in [0.15, 0.2) is 0 Å². The first-order valence-electron chi connectivity index (χ1n) is 5.86. The standard InChI is InChI=1S/C13H15BrN2O2/c1-16-8-6-12(7-9-16)15-18-13(17)10-2-4-11(14)5-3-10/h2-5H,6-9H2,1H3. The molecule has 0 radical (unpaired) electrons. The molecule has 96 valence electrons. The Balaban J connectivity index is 1.92. The summed E-state index contributed by atoms with van der Waals surface area (Å²) in [7, 11) is 2.07. The maximum atomic E-state index is 11.7. The molecule has 0 bridgehead atoms. The predicted molar refractivity (Wildman–Crippen MR) is 73.7 cm³/mol. The number of hydrogen-bond acceptors (Lipinski definition) is 4. The van der Waals surface area contributed by atoms with Crippen LogP contribution in [0.2, 0.25) is 0 Å². The Hall–Kier alpha value is -1.20. The largest absolute Gasteiger partial charge is 0.365 e. The molecule has 1 saturated heterocycles. The van der Waals surface area contributed by atoms with Gasteiger partial charge in [-0.1, -0.05) is 21.1 Å². The zero-order valence-corrected chi connectivity index (χ0v) is 11.8. The second kappa shape index (κ2) is 6.11. The van der Waals surface area contributed by atoms with Crippen molar-refractivity contribution in [1.82, 2.24) is 4.90 Å². The summed E-state index contributed by atoms with van der Waals surface area (Å²) >= 11 is 3.32. The van der Waals surface area contributed by atoms with Crippen molar-refractivity contribution in [2.45, 2.75) is 12.8 Å². The smallest absolute Gasteiger partial charge is 0.313 e. The number of halogens is 1. The molecular formula is C13H15BrN2O2. The molecular weight excluding hydrogens is 296 g/mol. The number of piperidine rings is 1. The van der Waals surface area contributed by atoms with Crippen LogP contribution >= 0.6 is 15.9 Å². The number of benzene rings is 1. The van der Waals surface area contributed by atoms with E-state index in [1.165, 1.54) is 0 Å². The van der Waals surface area contributed by atoms with Gasteiger partial charge in [-0.3, -0.25) is 0 Å². The van der Waals surface area contributed by atoms with Gasteiger partial charge in [-0.15, -0.1) is 0 Å². The van der Waals surface area contributed by atoms with E-state index < -0.39 is 5.97 Å². The summed E-state index contributed by atoms with van der Waals surface area (Å²) in [6, 6.07) is 7.03. The molecule has 4 nitrogen and oxygen atoms in total. The molecule has 0 spiro atoms. The van der Waals surface area contributed by atoms with Gasteiger partial charge in [0.05, 0.1) is 11.3 Å². The van der Waals surface area contributed by atoms with E-state index in [0.29, 0.717) is 5.56 Å². The van der Waals surface area contributed by atoms with Crippen molar-refractivity contribution < 1.29 is 9.63 Å². The van der Waals surface area contributed by atoms with Crippen LogP contribution in [0.1, 0.15) is 23.2 Å². The highest BCUT2D eigenvalue weighted by Crippen LogP contribution is 2.12. The summed E-state index contributed by atoms with van der Waals surface area (Å²) < 4.78 is 0.931. The molecule has 1 aliphatic rings. The average molecular weight is 311 g/mol. The lowest BCUT2D eigenvalue weighted by Crippen LogP contribution is -2.30. The molecule has 1 fully saturated rings. The Kier molecular flexibility index (Phi) is 4.49. The monoisotopic (exact) mass is 310 g/mol. The fraction of sp³-hybridized carbons (Fsp3) is 0.385. The first-order chi connectivity index (χ1) is 8.65. The molecule has 0 aliphatic carbocycles. The van der Waals surface area contributed by atoms with Gasteiger partial charge in [0.2, 0.25) is 0 Å². The van der Waals surface area contributed by atoms with Crippen LogP contribution in [-0.4, -0.2) is 36.7 Å². The topological polar surface area (TPSA) is 41.9 Å². The molecule has 0 N–H and O–H groups in total. The van der Waals surface area contributed by atoms with Crippen LogP contribution in [0.3, 0.4) is 0 Å². The quantitative estimate of drug-likeness (QED) is 0.623. The van der Waals surface area contributed by atoms with Crippen molar-refractivity contribution in [2.24, 2.45) is 5.16 Å².